The van der Waals surface area contributed by atoms with Gasteiger partial charge in [-0.15, -0.1) is 0 Å². The Labute approximate surface area is 94.7 Å². The van der Waals surface area contributed by atoms with Crippen LogP contribution in [0.4, 0.5) is 0 Å². The molecule has 16 heavy (non-hydrogen) atoms. The molecule has 2 unspecified atom stereocenters. The Hall–Kier alpha value is -1.10. The van der Waals surface area contributed by atoms with Gasteiger partial charge in [0.25, 0.3) is 0 Å². The number of carbonyl (C=O) groups excluding carboxylic acids is 2. The molecule has 0 bridgehead atoms. The lowest BCUT2D eigenvalue weighted by molar-refractivity contribution is -0.168. The summed E-state index contributed by atoms with van der Waals surface area (Å²) in [7, 11) is 0. The fraction of sp³-hybridized carbons (Fsp3) is 0.818. The van der Waals surface area contributed by atoms with Crippen molar-refractivity contribution < 1.29 is 24.2 Å². The molecule has 1 rings (SSSR count). The largest absolute Gasteiger partial charge is 0.463 e. The maximum atomic E-state index is 11.8. The molecule has 1 saturated heterocycles. The zero-order valence-corrected chi connectivity index (χ0v) is 9.69. The molecule has 92 valence electrons. The molecular formula is C11H18O5. The van der Waals surface area contributed by atoms with Crippen LogP contribution in [-0.2, 0) is 19.1 Å². The van der Waals surface area contributed by atoms with Crippen LogP contribution in [0.3, 0.4) is 0 Å². The number of cyclic esters (lactones) is 1. The summed E-state index contributed by atoms with van der Waals surface area (Å²) in [5, 5.41) is 8.90. The Kier molecular flexibility index (Phi) is 4.29. The monoisotopic (exact) mass is 230 g/mol. The van der Waals surface area contributed by atoms with Crippen LogP contribution < -0.4 is 0 Å². The Morgan fingerprint density at radius 3 is 2.81 bits per heavy atom. The number of ether oxygens (including phenoxy) is 2. The van der Waals surface area contributed by atoms with E-state index >= 15 is 0 Å². The summed E-state index contributed by atoms with van der Waals surface area (Å²) >= 11 is 0. The van der Waals surface area contributed by atoms with E-state index in [-0.39, 0.29) is 6.61 Å². The maximum Gasteiger partial charge on any atom is 0.347 e. The van der Waals surface area contributed by atoms with E-state index in [0.29, 0.717) is 25.9 Å². The predicted octanol–water partition coefficient (Wildman–Crippen LogP) is 0.644. The Bertz CT molecular complexity index is 276. The highest BCUT2D eigenvalue weighted by molar-refractivity contribution is 5.83. The molecule has 0 amide bonds. The third-order valence-electron chi connectivity index (χ3n) is 3.07. The summed E-state index contributed by atoms with van der Waals surface area (Å²) in [5.41, 5.74) is -0.725. The average Bonchev–Trinajstić information content (AvgIpc) is 2.64. The minimum atomic E-state index is -0.767. The fourth-order valence-corrected chi connectivity index (χ4v) is 1.53. The molecule has 0 aromatic heterocycles. The van der Waals surface area contributed by atoms with Crippen molar-refractivity contribution in [3.63, 3.8) is 0 Å². The van der Waals surface area contributed by atoms with Crippen molar-refractivity contribution in [1.29, 1.82) is 0 Å². The molecule has 1 N–H and O–H groups in total. The molecule has 0 radical (unpaired) electrons. The van der Waals surface area contributed by atoms with Crippen molar-refractivity contribution in [2.24, 2.45) is 5.41 Å². The van der Waals surface area contributed by atoms with Crippen LogP contribution in [-0.4, -0.2) is 36.4 Å². The molecule has 0 aliphatic carbocycles. The molecular weight excluding hydrogens is 212 g/mol. The minimum Gasteiger partial charge on any atom is -0.463 e. The number of hydrogen-bond donors (Lipinski definition) is 1. The molecule has 5 nitrogen and oxygen atoms in total. The van der Waals surface area contributed by atoms with Gasteiger partial charge in [-0.05, 0) is 19.8 Å². The van der Waals surface area contributed by atoms with E-state index in [9.17, 15) is 9.59 Å². The topological polar surface area (TPSA) is 72.8 Å². The predicted molar refractivity (Wildman–Crippen MR) is 55.6 cm³/mol. The summed E-state index contributed by atoms with van der Waals surface area (Å²) in [5.74, 6) is -0.913. The molecule has 1 fully saturated rings. The lowest BCUT2D eigenvalue weighted by Gasteiger charge is -2.25. The highest BCUT2D eigenvalue weighted by Gasteiger charge is 2.37. The molecule has 2 atom stereocenters. The number of aliphatic hydroxyl groups is 1. The van der Waals surface area contributed by atoms with Crippen LogP contribution in [0, 0.1) is 5.41 Å². The van der Waals surface area contributed by atoms with Crippen molar-refractivity contribution in [2.45, 2.75) is 39.2 Å². The van der Waals surface area contributed by atoms with Gasteiger partial charge in [-0.25, -0.2) is 4.79 Å². The summed E-state index contributed by atoms with van der Waals surface area (Å²) in [6.07, 6.45) is 0.555. The normalized spacial score (nSPS) is 23.7. The van der Waals surface area contributed by atoms with E-state index < -0.39 is 23.5 Å². The van der Waals surface area contributed by atoms with Gasteiger partial charge in [0.15, 0.2) is 0 Å². The average molecular weight is 230 g/mol. The fourth-order valence-electron chi connectivity index (χ4n) is 1.53. The first-order valence-corrected chi connectivity index (χ1v) is 5.52. The number of aliphatic hydroxyl groups excluding tert-OH is 1. The number of carbonyl (C=O) groups is 2. The molecule has 1 heterocycles. The van der Waals surface area contributed by atoms with Crippen LogP contribution in [0.5, 0.6) is 0 Å². The standard InChI is InChI=1S/C11H18O5/c1-3-11(2,5-6-12)10(14)16-8-4-7-15-9(8)13/h8,12H,3-7H2,1-2H3. The highest BCUT2D eigenvalue weighted by Crippen LogP contribution is 2.28. The van der Waals surface area contributed by atoms with Gasteiger partial charge < -0.3 is 14.6 Å². The van der Waals surface area contributed by atoms with Gasteiger partial charge >= 0.3 is 11.9 Å². The zero-order valence-electron chi connectivity index (χ0n) is 9.69. The van der Waals surface area contributed by atoms with Gasteiger partial charge in [0.2, 0.25) is 6.10 Å². The number of hydrogen-bond acceptors (Lipinski definition) is 5. The third kappa shape index (κ3) is 2.72. The van der Waals surface area contributed by atoms with Gasteiger partial charge in [-0.2, -0.15) is 0 Å². The summed E-state index contributed by atoms with van der Waals surface area (Å²) < 4.78 is 9.81. The van der Waals surface area contributed by atoms with Gasteiger partial charge in [0, 0.05) is 13.0 Å². The van der Waals surface area contributed by atoms with E-state index in [1.54, 1.807) is 6.92 Å². The summed E-state index contributed by atoms with van der Waals surface area (Å²) in [6.45, 7) is 3.81. The second-order valence-electron chi connectivity index (χ2n) is 4.24. The second-order valence-corrected chi connectivity index (χ2v) is 4.24. The molecule has 0 aromatic rings. The van der Waals surface area contributed by atoms with Crippen molar-refractivity contribution in [3.8, 4) is 0 Å². The van der Waals surface area contributed by atoms with E-state index in [1.165, 1.54) is 0 Å². The second kappa shape index (κ2) is 5.30. The van der Waals surface area contributed by atoms with E-state index in [2.05, 4.69) is 0 Å². The van der Waals surface area contributed by atoms with Crippen molar-refractivity contribution in [3.05, 3.63) is 0 Å². The lowest BCUT2D eigenvalue weighted by Crippen LogP contribution is -2.34. The zero-order chi connectivity index (χ0) is 12.2. The summed E-state index contributed by atoms with van der Waals surface area (Å²) in [6, 6.07) is 0. The Morgan fingerprint density at radius 2 is 2.38 bits per heavy atom. The molecule has 0 spiro atoms. The lowest BCUT2D eigenvalue weighted by atomic mass is 9.84. The SMILES string of the molecule is CCC(C)(CCO)C(=O)OC1CCOC1=O. The molecule has 1 aliphatic heterocycles. The van der Waals surface area contributed by atoms with Crippen molar-refractivity contribution >= 4 is 11.9 Å². The first kappa shape index (κ1) is 13.0. The van der Waals surface area contributed by atoms with Crippen LogP contribution in [0.15, 0.2) is 0 Å². The minimum absolute atomic E-state index is 0.0748. The van der Waals surface area contributed by atoms with E-state index in [4.69, 9.17) is 14.6 Å². The smallest absolute Gasteiger partial charge is 0.347 e. The Balaban J connectivity index is 2.58. The first-order valence-electron chi connectivity index (χ1n) is 5.52. The van der Waals surface area contributed by atoms with Crippen LogP contribution in [0.2, 0.25) is 0 Å². The number of esters is 2. The summed E-state index contributed by atoms with van der Waals surface area (Å²) in [4.78, 5) is 23.0. The Morgan fingerprint density at radius 1 is 1.69 bits per heavy atom. The first-order chi connectivity index (χ1) is 7.53. The quantitative estimate of drug-likeness (QED) is 0.702. The van der Waals surface area contributed by atoms with Crippen LogP contribution in [0.1, 0.15) is 33.1 Å². The maximum absolute atomic E-state index is 11.8. The van der Waals surface area contributed by atoms with Gasteiger partial charge in [0.1, 0.15) is 0 Å². The van der Waals surface area contributed by atoms with E-state index in [1.807, 2.05) is 6.92 Å². The third-order valence-corrected chi connectivity index (χ3v) is 3.07. The van der Waals surface area contributed by atoms with Gasteiger partial charge in [-0.1, -0.05) is 6.92 Å². The van der Waals surface area contributed by atoms with E-state index in [0.717, 1.165) is 0 Å². The van der Waals surface area contributed by atoms with Gasteiger partial charge in [0.05, 0.1) is 12.0 Å². The highest BCUT2D eigenvalue weighted by atomic mass is 16.6. The molecule has 0 saturated carbocycles. The molecule has 0 aromatic carbocycles. The van der Waals surface area contributed by atoms with Crippen LogP contribution in [0.25, 0.3) is 0 Å². The van der Waals surface area contributed by atoms with Crippen molar-refractivity contribution in [2.75, 3.05) is 13.2 Å². The van der Waals surface area contributed by atoms with Crippen molar-refractivity contribution in [1.82, 2.24) is 0 Å². The van der Waals surface area contributed by atoms with Crippen LogP contribution >= 0.6 is 0 Å². The number of rotatable bonds is 5. The molecule has 1 aliphatic rings. The molecule has 5 heteroatoms. The van der Waals surface area contributed by atoms with Gasteiger partial charge in [-0.3, -0.25) is 4.79 Å².